The molecule has 0 spiro atoms. The Morgan fingerprint density at radius 3 is 1.85 bits per heavy atom. The SMILES string of the molecule is O=C1C(c2c[nH]c3ccccc23)=C(c2c[nH]c3ccccc23)C(=O)N1/N=C/c1cccc(Br)c1. The Morgan fingerprint density at radius 2 is 1.29 bits per heavy atom. The molecule has 2 aromatic heterocycles. The number of hydrogen-bond acceptors (Lipinski definition) is 3. The van der Waals surface area contributed by atoms with Gasteiger partial charge in [0.2, 0.25) is 0 Å². The van der Waals surface area contributed by atoms with Crippen LogP contribution in [-0.4, -0.2) is 33.0 Å². The van der Waals surface area contributed by atoms with Gasteiger partial charge in [-0.2, -0.15) is 10.1 Å². The number of aromatic amines is 2. The number of imide groups is 1. The number of para-hydroxylation sites is 2. The first-order valence-corrected chi connectivity index (χ1v) is 11.5. The summed E-state index contributed by atoms with van der Waals surface area (Å²) in [7, 11) is 0. The number of halogens is 1. The molecule has 34 heavy (non-hydrogen) atoms. The molecule has 0 bridgehead atoms. The average Bonchev–Trinajstić information content (AvgIpc) is 3.52. The van der Waals surface area contributed by atoms with E-state index >= 15 is 0 Å². The van der Waals surface area contributed by atoms with Crippen molar-refractivity contribution >= 4 is 66.9 Å². The third-order valence-electron chi connectivity index (χ3n) is 5.95. The molecule has 0 atom stereocenters. The summed E-state index contributed by atoms with van der Waals surface area (Å²) in [6.07, 6.45) is 5.08. The summed E-state index contributed by atoms with van der Waals surface area (Å²) in [6, 6.07) is 22.9. The van der Waals surface area contributed by atoms with E-state index in [1.165, 1.54) is 6.21 Å². The number of nitrogens with one attached hydrogen (secondary N) is 2. The van der Waals surface area contributed by atoms with Gasteiger partial charge in [-0.05, 0) is 29.8 Å². The Bertz CT molecular complexity index is 1580. The molecule has 1 aliphatic heterocycles. The lowest BCUT2D eigenvalue weighted by Crippen LogP contribution is -2.26. The molecule has 0 unspecified atom stereocenters. The number of amides is 2. The van der Waals surface area contributed by atoms with Gasteiger partial charge >= 0.3 is 0 Å². The zero-order chi connectivity index (χ0) is 23.2. The summed E-state index contributed by atoms with van der Waals surface area (Å²) in [6.45, 7) is 0. The molecule has 0 aliphatic carbocycles. The van der Waals surface area contributed by atoms with Crippen LogP contribution in [0.25, 0.3) is 33.0 Å². The van der Waals surface area contributed by atoms with Crippen molar-refractivity contribution in [3.63, 3.8) is 0 Å². The lowest BCUT2D eigenvalue weighted by Gasteiger charge is -2.08. The van der Waals surface area contributed by atoms with Crippen molar-refractivity contribution in [2.24, 2.45) is 5.10 Å². The van der Waals surface area contributed by atoms with Gasteiger partial charge in [-0.25, -0.2) is 0 Å². The summed E-state index contributed by atoms with van der Waals surface area (Å²) >= 11 is 3.43. The number of hydrogen-bond donors (Lipinski definition) is 2. The van der Waals surface area contributed by atoms with E-state index < -0.39 is 11.8 Å². The largest absolute Gasteiger partial charge is 0.361 e. The number of rotatable bonds is 4. The van der Waals surface area contributed by atoms with Gasteiger partial charge in [0, 0.05) is 49.8 Å². The number of carbonyl (C=O) groups is 2. The van der Waals surface area contributed by atoms with E-state index in [-0.39, 0.29) is 0 Å². The van der Waals surface area contributed by atoms with Crippen molar-refractivity contribution in [1.82, 2.24) is 15.0 Å². The van der Waals surface area contributed by atoms with Crippen molar-refractivity contribution in [2.45, 2.75) is 0 Å². The molecule has 2 amide bonds. The van der Waals surface area contributed by atoms with E-state index in [9.17, 15) is 9.59 Å². The second-order valence-corrected chi connectivity index (χ2v) is 8.88. The maximum absolute atomic E-state index is 13.7. The number of benzene rings is 3. The fraction of sp³-hybridized carbons (Fsp3) is 0. The predicted molar refractivity (Wildman–Crippen MR) is 137 cm³/mol. The van der Waals surface area contributed by atoms with E-state index in [1.807, 2.05) is 72.8 Å². The fourth-order valence-corrected chi connectivity index (χ4v) is 4.81. The third kappa shape index (κ3) is 3.21. The number of aromatic nitrogens is 2. The molecular formula is C27H17BrN4O2. The summed E-state index contributed by atoms with van der Waals surface area (Å²) in [5, 5.41) is 7.00. The first-order chi connectivity index (χ1) is 16.6. The van der Waals surface area contributed by atoms with Crippen molar-refractivity contribution in [2.75, 3.05) is 0 Å². The highest BCUT2D eigenvalue weighted by molar-refractivity contribution is 9.10. The number of carbonyl (C=O) groups excluding carboxylic acids is 2. The summed E-state index contributed by atoms with van der Waals surface area (Å²) in [4.78, 5) is 33.8. The highest BCUT2D eigenvalue weighted by Crippen LogP contribution is 2.40. The van der Waals surface area contributed by atoms with Gasteiger partial charge in [0.25, 0.3) is 11.8 Å². The third-order valence-corrected chi connectivity index (χ3v) is 6.44. The predicted octanol–water partition coefficient (Wildman–Crippen LogP) is 5.73. The van der Waals surface area contributed by atoms with Gasteiger partial charge in [-0.15, -0.1) is 0 Å². The molecule has 1 aliphatic rings. The zero-order valence-electron chi connectivity index (χ0n) is 17.7. The number of fused-ring (bicyclic) bond motifs is 2. The minimum Gasteiger partial charge on any atom is -0.361 e. The highest BCUT2D eigenvalue weighted by Gasteiger charge is 2.41. The van der Waals surface area contributed by atoms with Gasteiger partial charge in [0.05, 0.1) is 17.4 Å². The van der Waals surface area contributed by atoms with Crippen LogP contribution in [0.5, 0.6) is 0 Å². The van der Waals surface area contributed by atoms with E-state index in [0.29, 0.717) is 22.3 Å². The van der Waals surface area contributed by atoms with Crippen molar-refractivity contribution in [3.8, 4) is 0 Å². The van der Waals surface area contributed by atoms with E-state index in [2.05, 4.69) is 31.0 Å². The monoisotopic (exact) mass is 508 g/mol. The fourth-order valence-electron chi connectivity index (χ4n) is 4.39. The minimum atomic E-state index is -0.457. The molecule has 3 heterocycles. The smallest absolute Gasteiger partial charge is 0.283 e. The molecule has 0 saturated heterocycles. The number of H-pyrrole nitrogens is 2. The average molecular weight is 509 g/mol. The first-order valence-electron chi connectivity index (χ1n) is 10.7. The van der Waals surface area contributed by atoms with Crippen LogP contribution < -0.4 is 0 Å². The molecule has 164 valence electrons. The van der Waals surface area contributed by atoms with Crippen molar-refractivity contribution in [1.29, 1.82) is 0 Å². The molecule has 6 rings (SSSR count). The van der Waals surface area contributed by atoms with Crippen LogP contribution >= 0.6 is 15.9 Å². The molecule has 7 heteroatoms. The maximum Gasteiger partial charge on any atom is 0.283 e. The Labute approximate surface area is 202 Å². The van der Waals surface area contributed by atoms with Crippen LogP contribution in [0.3, 0.4) is 0 Å². The van der Waals surface area contributed by atoms with Gasteiger partial charge < -0.3 is 9.97 Å². The Hall–Kier alpha value is -4.23. The topological polar surface area (TPSA) is 81.3 Å². The Kier molecular flexibility index (Phi) is 4.78. The summed E-state index contributed by atoms with van der Waals surface area (Å²) < 4.78 is 0.882. The Balaban J connectivity index is 1.54. The van der Waals surface area contributed by atoms with Crippen LogP contribution in [0.2, 0.25) is 0 Å². The van der Waals surface area contributed by atoms with Gasteiger partial charge in [0.15, 0.2) is 0 Å². The number of nitrogens with zero attached hydrogens (tertiary/aromatic N) is 2. The molecule has 0 fully saturated rings. The van der Waals surface area contributed by atoms with E-state index in [1.54, 1.807) is 12.4 Å². The summed E-state index contributed by atoms with van der Waals surface area (Å²) in [5.41, 5.74) is 4.56. The molecule has 6 nitrogen and oxygen atoms in total. The van der Waals surface area contributed by atoms with Crippen molar-refractivity contribution < 1.29 is 9.59 Å². The van der Waals surface area contributed by atoms with Gasteiger partial charge in [0.1, 0.15) is 0 Å². The van der Waals surface area contributed by atoms with Crippen molar-refractivity contribution in [3.05, 3.63) is 106 Å². The standard InChI is InChI=1S/C27H17BrN4O2/c28-17-7-5-6-16(12-17)13-31-32-26(33)24(20-14-29-22-10-3-1-8-18(20)22)25(27(32)34)21-15-30-23-11-4-2-9-19(21)23/h1-15,29-30H/b31-13+. The molecule has 3 aromatic carbocycles. The number of hydrazone groups is 1. The van der Waals surface area contributed by atoms with Gasteiger partial charge in [-0.1, -0.05) is 64.5 Å². The lowest BCUT2D eigenvalue weighted by molar-refractivity contribution is -0.135. The Morgan fingerprint density at radius 1 is 0.735 bits per heavy atom. The van der Waals surface area contributed by atoms with E-state index in [0.717, 1.165) is 36.9 Å². The second-order valence-electron chi connectivity index (χ2n) is 7.97. The lowest BCUT2D eigenvalue weighted by atomic mass is 9.95. The van der Waals surface area contributed by atoms with E-state index in [4.69, 9.17) is 0 Å². The molecule has 2 N–H and O–H groups in total. The van der Waals surface area contributed by atoms with Crippen LogP contribution in [0.15, 0.2) is 94.8 Å². The summed E-state index contributed by atoms with van der Waals surface area (Å²) in [5.74, 6) is -0.914. The van der Waals surface area contributed by atoms with Gasteiger partial charge in [-0.3, -0.25) is 9.59 Å². The zero-order valence-corrected chi connectivity index (χ0v) is 19.3. The van der Waals surface area contributed by atoms with Crippen LogP contribution in [0.1, 0.15) is 16.7 Å². The normalized spacial score (nSPS) is 14.4. The van der Waals surface area contributed by atoms with Crippen LogP contribution in [0, 0.1) is 0 Å². The second kappa shape index (κ2) is 7.97. The minimum absolute atomic E-state index is 0.332. The quantitative estimate of drug-likeness (QED) is 0.240. The molecule has 5 aromatic rings. The van der Waals surface area contributed by atoms with Crippen LogP contribution in [0.4, 0.5) is 0 Å². The maximum atomic E-state index is 13.7. The molecular weight excluding hydrogens is 492 g/mol. The first kappa shape index (κ1) is 20.4. The molecule has 0 saturated carbocycles. The van der Waals surface area contributed by atoms with Crippen LogP contribution in [-0.2, 0) is 9.59 Å². The molecule has 0 radical (unpaired) electrons. The highest BCUT2D eigenvalue weighted by atomic mass is 79.9.